The van der Waals surface area contributed by atoms with E-state index in [1.807, 2.05) is 12.3 Å². The van der Waals surface area contributed by atoms with Crippen molar-refractivity contribution in [3.8, 4) is 11.5 Å². The molecule has 6 heteroatoms. The first-order valence-electron chi connectivity index (χ1n) is 5.44. The Labute approximate surface area is 109 Å². The van der Waals surface area contributed by atoms with Crippen molar-refractivity contribution in [3.63, 3.8) is 0 Å². The molecule has 0 saturated carbocycles. The molecule has 0 saturated heterocycles. The monoisotopic (exact) mass is 263 g/mol. The summed E-state index contributed by atoms with van der Waals surface area (Å²) in [4.78, 5) is 4.04. The van der Waals surface area contributed by atoms with E-state index in [1.165, 1.54) is 11.3 Å². The van der Waals surface area contributed by atoms with Crippen molar-refractivity contribution < 1.29 is 9.84 Å². The second kappa shape index (κ2) is 6.02. The van der Waals surface area contributed by atoms with Gasteiger partial charge in [0.1, 0.15) is 0 Å². The number of phenolic OH excluding ortho intramolecular Hbond substituents is 1. The van der Waals surface area contributed by atoms with Crippen LogP contribution in [-0.2, 0) is 0 Å². The first-order valence-corrected chi connectivity index (χ1v) is 6.32. The van der Waals surface area contributed by atoms with Crippen LogP contribution in [0.1, 0.15) is 12.5 Å². The van der Waals surface area contributed by atoms with Crippen molar-refractivity contribution in [3.05, 3.63) is 35.3 Å². The first kappa shape index (κ1) is 12.4. The molecule has 0 aliphatic heterocycles. The third-order valence-corrected chi connectivity index (χ3v) is 2.77. The van der Waals surface area contributed by atoms with E-state index in [1.54, 1.807) is 30.6 Å². The highest BCUT2D eigenvalue weighted by atomic mass is 32.1. The van der Waals surface area contributed by atoms with Crippen molar-refractivity contribution in [2.45, 2.75) is 6.92 Å². The van der Waals surface area contributed by atoms with E-state index in [2.05, 4.69) is 15.5 Å². The van der Waals surface area contributed by atoms with Gasteiger partial charge in [0, 0.05) is 11.6 Å². The van der Waals surface area contributed by atoms with Gasteiger partial charge in [0.15, 0.2) is 11.5 Å². The van der Waals surface area contributed by atoms with Crippen molar-refractivity contribution >= 4 is 22.7 Å². The molecule has 5 nitrogen and oxygen atoms in total. The number of hydrogen-bond acceptors (Lipinski definition) is 6. The molecule has 2 aromatic rings. The van der Waals surface area contributed by atoms with Gasteiger partial charge >= 0.3 is 0 Å². The largest absolute Gasteiger partial charge is 0.504 e. The SMILES string of the molecule is CCOc1cc(/C=N\Nc2nccs2)ccc1O. The molecule has 1 aromatic carbocycles. The van der Waals surface area contributed by atoms with Crippen LogP contribution >= 0.6 is 11.3 Å². The summed E-state index contributed by atoms with van der Waals surface area (Å²) in [5.74, 6) is 0.581. The Balaban J connectivity index is 2.04. The number of hydrazone groups is 1. The second-order valence-corrected chi connectivity index (χ2v) is 4.26. The summed E-state index contributed by atoms with van der Waals surface area (Å²) in [7, 11) is 0. The number of anilines is 1. The summed E-state index contributed by atoms with van der Waals surface area (Å²) < 4.78 is 5.29. The highest BCUT2D eigenvalue weighted by Crippen LogP contribution is 2.26. The maximum absolute atomic E-state index is 9.55. The Hall–Kier alpha value is -2.08. The zero-order valence-electron chi connectivity index (χ0n) is 9.83. The summed E-state index contributed by atoms with van der Waals surface area (Å²) in [6.07, 6.45) is 3.35. The maximum Gasteiger partial charge on any atom is 0.203 e. The number of nitrogens with zero attached hydrogens (tertiary/aromatic N) is 2. The molecule has 0 bridgehead atoms. The smallest absolute Gasteiger partial charge is 0.203 e. The highest BCUT2D eigenvalue weighted by Gasteiger charge is 2.01. The fourth-order valence-corrected chi connectivity index (χ4v) is 1.80. The molecule has 0 amide bonds. The second-order valence-electron chi connectivity index (χ2n) is 3.37. The van der Waals surface area contributed by atoms with Gasteiger partial charge in [-0.05, 0) is 30.7 Å². The van der Waals surface area contributed by atoms with Gasteiger partial charge in [0.05, 0.1) is 12.8 Å². The van der Waals surface area contributed by atoms with E-state index in [0.717, 1.165) is 10.7 Å². The first-order chi connectivity index (χ1) is 8.79. The van der Waals surface area contributed by atoms with Crippen LogP contribution in [-0.4, -0.2) is 22.9 Å². The average molecular weight is 263 g/mol. The Bertz CT molecular complexity index is 526. The lowest BCUT2D eigenvalue weighted by molar-refractivity contribution is 0.318. The molecule has 2 N–H and O–H groups in total. The molecule has 1 aromatic heterocycles. The van der Waals surface area contributed by atoms with Gasteiger partial charge in [-0.1, -0.05) is 0 Å². The lowest BCUT2D eigenvalue weighted by Gasteiger charge is -2.05. The average Bonchev–Trinajstić information content (AvgIpc) is 2.87. The number of nitrogens with one attached hydrogen (secondary N) is 1. The predicted molar refractivity (Wildman–Crippen MR) is 72.6 cm³/mol. The third kappa shape index (κ3) is 3.21. The number of rotatable bonds is 5. The summed E-state index contributed by atoms with van der Waals surface area (Å²) in [6.45, 7) is 2.37. The van der Waals surface area contributed by atoms with Gasteiger partial charge in [-0.25, -0.2) is 4.98 Å². The van der Waals surface area contributed by atoms with Crippen molar-refractivity contribution in [2.24, 2.45) is 5.10 Å². The fourth-order valence-electron chi connectivity index (χ4n) is 1.32. The van der Waals surface area contributed by atoms with Crippen LogP contribution in [0, 0.1) is 0 Å². The molecule has 18 heavy (non-hydrogen) atoms. The van der Waals surface area contributed by atoms with Gasteiger partial charge in [-0.15, -0.1) is 11.3 Å². The molecule has 0 fully saturated rings. The Morgan fingerprint density at radius 2 is 2.44 bits per heavy atom. The van der Waals surface area contributed by atoms with Crippen LogP contribution in [0.25, 0.3) is 0 Å². The predicted octanol–water partition coefficient (Wildman–Crippen LogP) is 2.69. The quantitative estimate of drug-likeness (QED) is 0.643. The summed E-state index contributed by atoms with van der Waals surface area (Å²) >= 11 is 1.47. The van der Waals surface area contributed by atoms with Crippen LogP contribution < -0.4 is 10.2 Å². The van der Waals surface area contributed by atoms with Crippen molar-refractivity contribution in [1.29, 1.82) is 0 Å². The Morgan fingerprint density at radius 1 is 1.56 bits per heavy atom. The third-order valence-electron chi connectivity index (χ3n) is 2.09. The number of aromatic nitrogens is 1. The number of aromatic hydroxyl groups is 1. The summed E-state index contributed by atoms with van der Waals surface area (Å²) in [6, 6.07) is 5.06. The zero-order valence-corrected chi connectivity index (χ0v) is 10.6. The van der Waals surface area contributed by atoms with E-state index in [9.17, 15) is 5.11 Å². The molecular weight excluding hydrogens is 250 g/mol. The van der Waals surface area contributed by atoms with Gasteiger partial charge in [-0.3, -0.25) is 5.43 Å². The Morgan fingerprint density at radius 3 is 3.17 bits per heavy atom. The minimum atomic E-state index is 0.127. The molecule has 0 atom stereocenters. The van der Waals surface area contributed by atoms with Gasteiger partial charge in [0.25, 0.3) is 0 Å². The van der Waals surface area contributed by atoms with E-state index < -0.39 is 0 Å². The normalized spacial score (nSPS) is 10.7. The molecule has 0 aliphatic carbocycles. The number of hydrogen-bond donors (Lipinski definition) is 2. The molecule has 0 spiro atoms. The van der Waals surface area contributed by atoms with Crippen molar-refractivity contribution in [1.82, 2.24) is 4.98 Å². The van der Waals surface area contributed by atoms with Crippen LogP contribution in [0.15, 0.2) is 34.9 Å². The van der Waals surface area contributed by atoms with Gasteiger partial charge in [0.2, 0.25) is 5.13 Å². The summed E-state index contributed by atoms with van der Waals surface area (Å²) in [5.41, 5.74) is 3.65. The zero-order chi connectivity index (χ0) is 12.8. The van der Waals surface area contributed by atoms with Crippen LogP contribution in [0.5, 0.6) is 11.5 Å². The number of benzene rings is 1. The molecule has 0 aliphatic rings. The minimum Gasteiger partial charge on any atom is -0.504 e. The van der Waals surface area contributed by atoms with Crippen LogP contribution in [0.4, 0.5) is 5.13 Å². The Kier molecular flexibility index (Phi) is 4.14. The van der Waals surface area contributed by atoms with E-state index in [0.29, 0.717) is 12.4 Å². The van der Waals surface area contributed by atoms with E-state index >= 15 is 0 Å². The number of phenols is 1. The fraction of sp³-hybridized carbons (Fsp3) is 0.167. The summed E-state index contributed by atoms with van der Waals surface area (Å²) in [5, 5.41) is 16.2. The van der Waals surface area contributed by atoms with Gasteiger partial charge < -0.3 is 9.84 Å². The highest BCUT2D eigenvalue weighted by molar-refractivity contribution is 7.13. The van der Waals surface area contributed by atoms with E-state index in [-0.39, 0.29) is 5.75 Å². The topological polar surface area (TPSA) is 66.7 Å². The molecule has 2 rings (SSSR count). The maximum atomic E-state index is 9.55. The van der Waals surface area contributed by atoms with Crippen LogP contribution in [0.2, 0.25) is 0 Å². The number of thiazole rings is 1. The van der Waals surface area contributed by atoms with Gasteiger partial charge in [-0.2, -0.15) is 5.10 Å². The lowest BCUT2D eigenvalue weighted by atomic mass is 10.2. The molecule has 94 valence electrons. The molecular formula is C12H13N3O2S. The minimum absolute atomic E-state index is 0.127. The standard InChI is InChI=1S/C12H13N3O2S/c1-2-17-11-7-9(3-4-10(11)16)8-14-15-12-13-5-6-18-12/h3-8,16H,2H2,1H3,(H,13,15)/b14-8-. The lowest BCUT2D eigenvalue weighted by Crippen LogP contribution is -1.94. The molecule has 0 unspecified atom stereocenters. The van der Waals surface area contributed by atoms with Crippen molar-refractivity contribution in [2.75, 3.05) is 12.0 Å². The molecule has 0 radical (unpaired) electrons. The molecule has 1 heterocycles. The van der Waals surface area contributed by atoms with Crippen LogP contribution in [0.3, 0.4) is 0 Å². The van der Waals surface area contributed by atoms with E-state index in [4.69, 9.17) is 4.74 Å². The number of ether oxygens (including phenoxy) is 1.